The summed E-state index contributed by atoms with van der Waals surface area (Å²) in [5.74, 6) is -2.06. The number of fused-ring (bicyclic) bond motifs is 5. The SMILES string of the molecule is CC(=O)O/C=C/C(=O)[C@@H]1CC2=CC(=O)CC[C@]2(C)C2=CC[C@@]3(C)[C@@H](CC[C@@]3(O)CCC(=O)O)[C@@H]21. The van der Waals surface area contributed by atoms with E-state index in [1.807, 2.05) is 6.92 Å². The van der Waals surface area contributed by atoms with Crippen molar-refractivity contribution in [2.24, 2.45) is 28.6 Å². The van der Waals surface area contributed by atoms with Crippen LogP contribution in [0.4, 0.5) is 0 Å². The highest BCUT2D eigenvalue weighted by atomic mass is 16.5. The van der Waals surface area contributed by atoms with Gasteiger partial charge in [0.1, 0.15) is 0 Å². The summed E-state index contributed by atoms with van der Waals surface area (Å²) in [7, 11) is 0. The van der Waals surface area contributed by atoms with Crippen LogP contribution in [0.3, 0.4) is 0 Å². The van der Waals surface area contributed by atoms with Crippen LogP contribution in [0.2, 0.25) is 0 Å². The van der Waals surface area contributed by atoms with E-state index in [0.717, 1.165) is 11.8 Å². The average molecular weight is 471 g/mol. The standard InChI is InChI=1S/C27H34O7/c1-16(28)34-13-8-22(30)19-15-17-14-18(29)4-9-25(17,2)20-5-10-26(3)21(24(19)20)6-11-27(26,33)12-7-23(31)32/h5,8,13-14,19,21,24,33H,4,6-7,9-12,15H2,1-3H3,(H,31,32)/b13-8+/t19-,21-,24+,25-,26-,27+/m0/s1. The van der Waals surface area contributed by atoms with Crippen LogP contribution in [0.15, 0.2) is 35.6 Å². The van der Waals surface area contributed by atoms with Crippen molar-refractivity contribution in [3.63, 3.8) is 0 Å². The molecular formula is C27H34O7. The molecule has 34 heavy (non-hydrogen) atoms. The number of hydrogen-bond donors (Lipinski definition) is 2. The van der Waals surface area contributed by atoms with Crippen LogP contribution in [0.1, 0.15) is 72.1 Å². The second kappa shape index (κ2) is 8.59. The predicted octanol–water partition coefficient (Wildman–Crippen LogP) is 3.91. The minimum atomic E-state index is -1.11. The lowest BCUT2D eigenvalue weighted by Crippen LogP contribution is -2.53. The molecule has 0 aromatic rings. The van der Waals surface area contributed by atoms with Gasteiger partial charge in [0.05, 0.1) is 11.9 Å². The molecule has 184 valence electrons. The highest BCUT2D eigenvalue weighted by Crippen LogP contribution is 2.67. The Labute approximate surface area is 199 Å². The van der Waals surface area contributed by atoms with E-state index >= 15 is 0 Å². The molecule has 2 fully saturated rings. The van der Waals surface area contributed by atoms with Gasteiger partial charge in [-0.3, -0.25) is 19.2 Å². The number of ketones is 2. The normalized spacial score (nSPS) is 38.9. The maximum Gasteiger partial charge on any atom is 0.307 e. The number of ether oxygens (including phenoxy) is 1. The third kappa shape index (κ3) is 3.88. The van der Waals surface area contributed by atoms with Gasteiger partial charge in [-0.05, 0) is 56.4 Å². The second-order valence-electron chi connectivity index (χ2n) is 11.0. The second-order valence-corrected chi connectivity index (χ2v) is 11.0. The molecule has 7 heteroatoms. The van der Waals surface area contributed by atoms with Crippen LogP contribution in [-0.4, -0.2) is 39.3 Å². The van der Waals surface area contributed by atoms with Crippen molar-refractivity contribution < 1.29 is 34.1 Å². The Morgan fingerprint density at radius 2 is 1.97 bits per heavy atom. The van der Waals surface area contributed by atoms with Gasteiger partial charge in [-0.25, -0.2) is 0 Å². The van der Waals surface area contributed by atoms with Crippen LogP contribution >= 0.6 is 0 Å². The van der Waals surface area contributed by atoms with Crippen molar-refractivity contribution in [2.45, 2.75) is 77.7 Å². The fourth-order valence-electron chi connectivity index (χ4n) is 7.29. The van der Waals surface area contributed by atoms with Crippen LogP contribution in [-0.2, 0) is 23.9 Å². The third-order valence-corrected chi connectivity index (χ3v) is 9.30. The van der Waals surface area contributed by atoms with Gasteiger partial charge in [0.15, 0.2) is 11.6 Å². The average Bonchev–Trinajstić information content (AvgIpc) is 3.03. The van der Waals surface area contributed by atoms with Crippen LogP contribution in [0, 0.1) is 28.6 Å². The number of esters is 1. The zero-order valence-corrected chi connectivity index (χ0v) is 20.1. The topological polar surface area (TPSA) is 118 Å². The lowest BCUT2D eigenvalue weighted by Gasteiger charge is -2.57. The molecule has 0 unspecified atom stereocenters. The Kier molecular flexibility index (Phi) is 6.21. The molecule has 2 saturated carbocycles. The van der Waals surface area contributed by atoms with Crippen LogP contribution in [0.25, 0.3) is 0 Å². The third-order valence-electron chi connectivity index (χ3n) is 9.30. The Morgan fingerprint density at radius 3 is 2.65 bits per heavy atom. The number of carboxylic acid groups (broad SMARTS) is 1. The van der Waals surface area contributed by atoms with Crippen molar-refractivity contribution in [1.82, 2.24) is 0 Å². The summed E-state index contributed by atoms with van der Waals surface area (Å²) < 4.78 is 4.86. The quantitative estimate of drug-likeness (QED) is 0.262. The fourth-order valence-corrected chi connectivity index (χ4v) is 7.29. The number of aliphatic carboxylic acids is 1. The Hall–Kier alpha value is -2.54. The summed E-state index contributed by atoms with van der Waals surface area (Å²) in [6.45, 7) is 5.46. The molecule has 2 N–H and O–H groups in total. The number of aliphatic hydroxyl groups is 1. The number of rotatable bonds is 6. The molecule has 4 aliphatic carbocycles. The van der Waals surface area contributed by atoms with E-state index in [1.165, 1.54) is 18.6 Å². The molecule has 0 aliphatic heterocycles. The highest BCUT2D eigenvalue weighted by Gasteiger charge is 2.63. The first kappa shape index (κ1) is 24.6. The zero-order valence-electron chi connectivity index (χ0n) is 20.1. The Morgan fingerprint density at radius 1 is 1.24 bits per heavy atom. The zero-order chi connectivity index (χ0) is 24.9. The minimum absolute atomic E-state index is 0.0124. The van der Waals surface area contributed by atoms with Gasteiger partial charge in [-0.1, -0.05) is 31.1 Å². The van der Waals surface area contributed by atoms with E-state index in [9.17, 15) is 29.4 Å². The molecule has 4 rings (SSSR count). The molecule has 0 radical (unpaired) electrons. The summed E-state index contributed by atoms with van der Waals surface area (Å²) in [6, 6.07) is 0. The number of allylic oxidation sites excluding steroid dienone is 5. The smallest absolute Gasteiger partial charge is 0.307 e. The maximum atomic E-state index is 13.4. The molecule has 0 heterocycles. The van der Waals surface area contributed by atoms with Crippen molar-refractivity contribution in [1.29, 1.82) is 0 Å². The van der Waals surface area contributed by atoms with Gasteiger partial charge in [0.2, 0.25) is 0 Å². The van der Waals surface area contributed by atoms with E-state index in [0.29, 0.717) is 38.5 Å². The number of carbonyl (C=O) groups is 4. The van der Waals surface area contributed by atoms with Crippen LogP contribution < -0.4 is 0 Å². The first-order valence-electron chi connectivity index (χ1n) is 12.2. The molecule has 0 bridgehead atoms. The highest BCUT2D eigenvalue weighted by molar-refractivity contribution is 5.95. The lowest BCUT2D eigenvalue weighted by atomic mass is 9.47. The first-order valence-corrected chi connectivity index (χ1v) is 12.2. The molecule has 0 aromatic heterocycles. The summed E-state index contributed by atoms with van der Waals surface area (Å²) in [6.07, 6.45) is 9.84. The molecular weight excluding hydrogens is 436 g/mol. The summed E-state index contributed by atoms with van der Waals surface area (Å²) in [5.41, 5.74) is 0.197. The maximum absolute atomic E-state index is 13.4. The largest absolute Gasteiger partial charge is 0.481 e. The molecule has 0 aromatic carbocycles. The lowest BCUT2D eigenvalue weighted by molar-refractivity contribution is -0.141. The molecule has 4 aliphatic rings. The summed E-state index contributed by atoms with van der Waals surface area (Å²) >= 11 is 0. The Balaban J connectivity index is 1.76. The van der Waals surface area contributed by atoms with Gasteiger partial charge in [0, 0.05) is 42.6 Å². The van der Waals surface area contributed by atoms with Gasteiger partial charge in [-0.15, -0.1) is 0 Å². The molecule has 0 spiro atoms. The van der Waals surface area contributed by atoms with Gasteiger partial charge in [0.25, 0.3) is 0 Å². The first-order chi connectivity index (χ1) is 15.9. The van der Waals surface area contributed by atoms with E-state index in [2.05, 4.69) is 13.0 Å². The van der Waals surface area contributed by atoms with E-state index in [-0.39, 0.29) is 41.7 Å². The van der Waals surface area contributed by atoms with E-state index in [1.54, 1.807) is 6.08 Å². The molecule has 6 atom stereocenters. The monoisotopic (exact) mass is 470 g/mol. The predicted molar refractivity (Wildman–Crippen MR) is 123 cm³/mol. The van der Waals surface area contributed by atoms with Crippen molar-refractivity contribution in [3.05, 3.63) is 35.6 Å². The van der Waals surface area contributed by atoms with Crippen molar-refractivity contribution >= 4 is 23.5 Å². The van der Waals surface area contributed by atoms with Crippen molar-refractivity contribution in [3.8, 4) is 0 Å². The minimum Gasteiger partial charge on any atom is -0.481 e. The van der Waals surface area contributed by atoms with Crippen molar-refractivity contribution in [2.75, 3.05) is 0 Å². The van der Waals surface area contributed by atoms with Gasteiger partial charge in [-0.2, -0.15) is 0 Å². The van der Waals surface area contributed by atoms with E-state index in [4.69, 9.17) is 4.74 Å². The molecule has 0 amide bonds. The molecule has 7 nitrogen and oxygen atoms in total. The number of carbonyl (C=O) groups excluding carboxylic acids is 3. The van der Waals surface area contributed by atoms with Gasteiger partial charge >= 0.3 is 11.9 Å². The summed E-state index contributed by atoms with van der Waals surface area (Å²) in [4.78, 5) is 48.1. The molecule has 0 saturated heterocycles. The number of hydrogen-bond acceptors (Lipinski definition) is 6. The fraction of sp³-hybridized carbons (Fsp3) is 0.630. The summed E-state index contributed by atoms with van der Waals surface area (Å²) in [5, 5.41) is 20.9. The number of carboxylic acids is 1. The Bertz CT molecular complexity index is 1020. The van der Waals surface area contributed by atoms with E-state index < -0.39 is 28.9 Å². The van der Waals surface area contributed by atoms with Crippen LogP contribution in [0.5, 0.6) is 0 Å². The van der Waals surface area contributed by atoms with Gasteiger partial charge < -0.3 is 14.9 Å².